The van der Waals surface area contributed by atoms with Crippen LogP contribution in [-0.4, -0.2) is 16.6 Å². The predicted octanol–water partition coefficient (Wildman–Crippen LogP) is 2.68. The molecule has 1 heterocycles. The molecule has 0 spiro atoms. The van der Waals surface area contributed by atoms with Crippen LogP contribution in [0.3, 0.4) is 0 Å². The van der Waals surface area contributed by atoms with Crippen LogP contribution >= 0.6 is 11.6 Å². The van der Waals surface area contributed by atoms with Crippen LogP contribution in [0.25, 0.3) is 11.0 Å². The largest absolute Gasteiger partial charge is 0.492 e. The third kappa shape index (κ3) is 1.63. The standard InChI is InChI=1S/C10H9ClN2O/c1-2-14-8-5-3-4-7-10(8)12-6-9(11)13-7/h3-6H,2H2,1H3. The SMILES string of the molecule is CCOc1cccc2nc(Cl)cnc12. The second-order valence-corrected chi connectivity index (χ2v) is 3.14. The molecule has 0 atom stereocenters. The van der Waals surface area contributed by atoms with Crippen molar-refractivity contribution in [2.45, 2.75) is 6.92 Å². The molecular formula is C10H9ClN2O. The van der Waals surface area contributed by atoms with Crippen molar-refractivity contribution in [3.63, 3.8) is 0 Å². The Hall–Kier alpha value is -1.35. The van der Waals surface area contributed by atoms with E-state index in [1.807, 2.05) is 25.1 Å². The highest BCUT2D eigenvalue weighted by molar-refractivity contribution is 6.29. The minimum Gasteiger partial charge on any atom is -0.492 e. The van der Waals surface area contributed by atoms with Crippen LogP contribution in [0, 0.1) is 0 Å². The van der Waals surface area contributed by atoms with E-state index in [4.69, 9.17) is 16.3 Å². The first-order valence-electron chi connectivity index (χ1n) is 4.35. The maximum atomic E-state index is 5.73. The molecule has 4 heteroatoms. The molecule has 14 heavy (non-hydrogen) atoms. The van der Waals surface area contributed by atoms with E-state index in [9.17, 15) is 0 Å². The van der Waals surface area contributed by atoms with E-state index in [-0.39, 0.29) is 0 Å². The number of ether oxygens (including phenoxy) is 1. The van der Waals surface area contributed by atoms with Gasteiger partial charge in [0.1, 0.15) is 16.4 Å². The number of fused-ring (bicyclic) bond motifs is 1. The molecule has 0 saturated heterocycles. The highest BCUT2D eigenvalue weighted by atomic mass is 35.5. The molecule has 0 N–H and O–H groups in total. The molecule has 0 amide bonds. The summed E-state index contributed by atoms with van der Waals surface area (Å²) in [7, 11) is 0. The Balaban J connectivity index is 2.62. The molecule has 0 aliphatic rings. The summed E-state index contributed by atoms with van der Waals surface area (Å²) in [6.45, 7) is 2.55. The first-order valence-corrected chi connectivity index (χ1v) is 4.73. The summed E-state index contributed by atoms with van der Waals surface area (Å²) in [5.41, 5.74) is 1.50. The molecule has 2 aromatic rings. The van der Waals surface area contributed by atoms with E-state index in [1.165, 1.54) is 6.20 Å². The first-order chi connectivity index (χ1) is 6.81. The molecule has 0 fully saturated rings. The van der Waals surface area contributed by atoms with Crippen molar-refractivity contribution in [3.05, 3.63) is 29.5 Å². The van der Waals surface area contributed by atoms with Gasteiger partial charge in [0.25, 0.3) is 0 Å². The number of hydrogen-bond acceptors (Lipinski definition) is 3. The van der Waals surface area contributed by atoms with Crippen molar-refractivity contribution in [2.24, 2.45) is 0 Å². The van der Waals surface area contributed by atoms with Crippen LogP contribution in [0.5, 0.6) is 5.75 Å². The van der Waals surface area contributed by atoms with E-state index in [0.29, 0.717) is 11.8 Å². The smallest absolute Gasteiger partial charge is 0.148 e. The van der Waals surface area contributed by atoms with Crippen molar-refractivity contribution in [1.29, 1.82) is 0 Å². The summed E-state index contributed by atoms with van der Waals surface area (Å²) < 4.78 is 5.41. The Kier molecular flexibility index (Phi) is 2.50. The van der Waals surface area contributed by atoms with Gasteiger partial charge >= 0.3 is 0 Å². The minimum absolute atomic E-state index is 0.395. The Labute approximate surface area is 86.7 Å². The summed E-state index contributed by atoms with van der Waals surface area (Å²) in [5, 5.41) is 0.395. The quantitative estimate of drug-likeness (QED) is 0.761. The van der Waals surface area contributed by atoms with Gasteiger partial charge in [-0.15, -0.1) is 0 Å². The Morgan fingerprint density at radius 1 is 1.43 bits per heavy atom. The molecule has 0 bridgehead atoms. The fraction of sp³-hybridized carbons (Fsp3) is 0.200. The molecule has 72 valence electrons. The fourth-order valence-corrected chi connectivity index (χ4v) is 1.40. The third-order valence-corrected chi connectivity index (χ3v) is 1.99. The molecule has 0 radical (unpaired) electrons. The maximum absolute atomic E-state index is 5.73. The predicted molar refractivity (Wildman–Crippen MR) is 55.7 cm³/mol. The highest BCUT2D eigenvalue weighted by Crippen LogP contribution is 2.22. The van der Waals surface area contributed by atoms with Gasteiger partial charge in [-0.05, 0) is 19.1 Å². The van der Waals surface area contributed by atoms with Crippen LogP contribution in [0.2, 0.25) is 5.15 Å². The van der Waals surface area contributed by atoms with Gasteiger partial charge in [-0.1, -0.05) is 17.7 Å². The zero-order chi connectivity index (χ0) is 9.97. The monoisotopic (exact) mass is 208 g/mol. The normalized spacial score (nSPS) is 10.4. The van der Waals surface area contributed by atoms with Gasteiger partial charge in [0.2, 0.25) is 0 Å². The lowest BCUT2D eigenvalue weighted by molar-refractivity contribution is 0.343. The van der Waals surface area contributed by atoms with Crippen LogP contribution < -0.4 is 4.74 Å². The Bertz CT molecular complexity index is 459. The van der Waals surface area contributed by atoms with Gasteiger partial charge < -0.3 is 4.74 Å². The number of halogens is 1. The molecule has 1 aromatic carbocycles. The van der Waals surface area contributed by atoms with E-state index >= 15 is 0 Å². The first kappa shape index (κ1) is 9.21. The Morgan fingerprint density at radius 3 is 3.07 bits per heavy atom. The minimum atomic E-state index is 0.395. The number of rotatable bonds is 2. The van der Waals surface area contributed by atoms with Crippen LogP contribution in [0.15, 0.2) is 24.4 Å². The summed E-state index contributed by atoms with van der Waals surface area (Å²) in [6, 6.07) is 5.60. The van der Waals surface area contributed by atoms with E-state index in [1.54, 1.807) is 0 Å². The Morgan fingerprint density at radius 2 is 2.29 bits per heavy atom. The molecule has 0 aliphatic carbocycles. The van der Waals surface area contributed by atoms with E-state index in [2.05, 4.69) is 9.97 Å². The fourth-order valence-electron chi connectivity index (χ4n) is 1.26. The van der Waals surface area contributed by atoms with E-state index < -0.39 is 0 Å². The van der Waals surface area contributed by atoms with Crippen molar-refractivity contribution >= 4 is 22.6 Å². The van der Waals surface area contributed by atoms with Gasteiger partial charge in [-0.3, -0.25) is 0 Å². The zero-order valence-electron chi connectivity index (χ0n) is 7.70. The van der Waals surface area contributed by atoms with E-state index in [0.717, 1.165) is 16.8 Å². The summed E-state index contributed by atoms with van der Waals surface area (Å²) >= 11 is 5.73. The zero-order valence-corrected chi connectivity index (χ0v) is 8.45. The van der Waals surface area contributed by atoms with Crippen molar-refractivity contribution < 1.29 is 4.74 Å². The molecule has 0 unspecified atom stereocenters. The summed E-state index contributed by atoms with van der Waals surface area (Å²) in [6.07, 6.45) is 1.52. The number of aromatic nitrogens is 2. The maximum Gasteiger partial charge on any atom is 0.148 e. The van der Waals surface area contributed by atoms with Crippen LogP contribution in [0.4, 0.5) is 0 Å². The summed E-state index contributed by atoms with van der Waals surface area (Å²) in [4.78, 5) is 8.32. The molecule has 0 aliphatic heterocycles. The van der Waals surface area contributed by atoms with Gasteiger partial charge in [0.15, 0.2) is 0 Å². The van der Waals surface area contributed by atoms with Gasteiger partial charge in [0, 0.05) is 0 Å². The molecule has 1 aromatic heterocycles. The van der Waals surface area contributed by atoms with Crippen LogP contribution in [-0.2, 0) is 0 Å². The number of benzene rings is 1. The van der Waals surface area contributed by atoms with Crippen molar-refractivity contribution in [2.75, 3.05) is 6.61 Å². The second kappa shape index (κ2) is 3.80. The third-order valence-electron chi connectivity index (χ3n) is 1.80. The van der Waals surface area contributed by atoms with Crippen molar-refractivity contribution in [3.8, 4) is 5.75 Å². The summed E-state index contributed by atoms with van der Waals surface area (Å²) in [5.74, 6) is 0.745. The topological polar surface area (TPSA) is 35.0 Å². The molecule has 0 saturated carbocycles. The van der Waals surface area contributed by atoms with Gasteiger partial charge in [-0.25, -0.2) is 9.97 Å². The lowest BCUT2D eigenvalue weighted by Crippen LogP contribution is -1.94. The molecular weight excluding hydrogens is 200 g/mol. The highest BCUT2D eigenvalue weighted by Gasteiger charge is 2.03. The number of hydrogen-bond donors (Lipinski definition) is 0. The average molecular weight is 209 g/mol. The number of nitrogens with zero attached hydrogens (tertiary/aromatic N) is 2. The van der Waals surface area contributed by atoms with Gasteiger partial charge in [0.05, 0.1) is 18.3 Å². The van der Waals surface area contributed by atoms with Crippen LogP contribution in [0.1, 0.15) is 6.92 Å². The number of para-hydroxylation sites is 1. The molecule has 2 rings (SSSR count). The lowest BCUT2D eigenvalue weighted by Gasteiger charge is -2.05. The average Bonchev–Trinajstić information content (AvgIpc) is 2.18. The second-order valence-electron chi connectivity index (χ2n) is 2.75. The van der Waals surface area contributed by atoms with Crippen molar-refractivity contribution in [1.82, 2.24) is 9.97 Å². The molecule has 3 nitrogen and oxygen atoms in total. The lowest BCUT2D eigenvalue weighted by atomic mass is 10.3. The van der Waals surface area contributed by atoms with Gasteiger partial charge in [-0.2, -0.15) is 0 Å².